The molecule has 0 spiro atoms. The van der Waals surface area contributed by atoms with Crippen LogP contribution in [0.15, 0.2) is 35.8 Å². The van der Waals surface area contributed by atoms with Gasteiger partial charge in [0.2, 0.25) is 0 Å². The number of thiazole rings is 1. The Morgan fingerprint density at radius 3 is 3.05 bits per heavy atom. The Kier molecular flexibility index (Phi) is 3.38. The maximum atomic E-state index is 4.64. The zero-order valence-electron chi connectivity index (χ0n) is 12.4. The molecule has 1 aromatic carbocycles. The van der Waals surface area contributed by atoms with Crippen LogP contribution < -0.4 is 5.32 Å². The van der Waals surface area contributed by atoms with Gasteiger partial charge in [-0.15, -0.1) is 11.3 Å². The zero-order valence-corrected chi connectivity index (χ0v) is 13.2. The molecule has 112 valence electrons. The third-order valence-electron chi connectivity index (χ3n) is 3.80. The van der Waals surface area contributed by atoms with E-state index >= 15 is 0 Å². The molecule has 4 rings (SSSR count). The number of aryl methyl sites for hydroxylation is 1. The fraction of sp³-hybridized carbons (Fsp3) is 0.312. The Labute approximate surface area is 133 Å². The summed E-state index contributed by atoms with van der Waals surface area (Å²) >= 11 is 1.65. The minimum atomic E-state index is 0.591. The Morgan fingerprint density at radius 1 is 1.36 bits per heavy atom. The molecule has 1 aliphatic rings. The van der Waals surface area contributed by atoms with E-state index in [1.54, 1.807) is 11.3 Å². The van der Waals surface area contributed by atoms with Crippen LogP contribution in [0, 0.1) is 0 Å². The van der Waals surface area contributed by atoms with E-state index in [1.807, 2.05) is 29.4 Å². The summed E-state index contributed by atoms with van der Waals surface area (Å²) in [5, 5.41) is 11.0. The van der Waals surface area contributed by atoms with Gasteiger partial charge in [-0.2, -0.15) is 5.10 Å². The second-order valence-corrected chi connectivity index (χ2v) is 6.45. The summed E-state index contributed by atoms with van der Waals surface area (Å²) in [6.45, 7) is 0.678. The molecule has 1 saturated carbocycles. The normalized spacial score (nSPS) is 14.2. The van der Waals surface area contributed by atoms with Crippen molar-refractivity contribution in [3.8, 4) is 10.6 Å². The molecule has 3 aromatic rings. The quantitative estimate of drug-likeness (QED) is 0.784. The first kappa shape index (κ1) is 13.5. The molecular weight excluding hydrogens is 294 g/mol. The SMILES string of the molecule is Cn1nc(C2CC2)nc1CNc1cccc(-c2nccs2)c1. The van der Waals surface area contributed by atoms with Crippen molar-refractivity contribution in [2.45, 2.75) is 25.3 Å². The number of anilines is 1. The van der Waals surface area contributed by atoms with Crippen LogP contribution in [0.1, 0.15) is 30.4 Å². The molecule has 0 unspecified atom stereocenters. The number of nitrogens with one attached hydrogen (secondary N) is 1. The summed E-state index contributed by atoms with van der Waals surface area (Å²) in [4.78, 5) is 8.99. The van der Waals surface area contributed by atoms with E-state index in [9.17, 15) is 0 Å². The molecule has 1 aliphatic carbocycles. The van der Waals surface area contributed by atoms with Crippen LogP contribution >= 0.6 is 11.3 Å². The Balaban J connectivity index is 1.48. The van der Waals surface area contributed by atoms with E-state index in [-0.39, 0.29) is 0 Å². The first-order valence-corrected chi connectivity index (χ1v) is 8.31. The van der Waals surface area contributed by atoms with Crippen molar-refractivity contribution < 1.29 is 0 Å². The third kappa shape index (κ3) is 2.74. The average Bonchev–Trinajstić information content (AvgIpc) is 3.10. The predicted molar refractivity (Wildman–Crippen MR) is 87.9 cm³/mol. The van der Waals surface area contributed by atoms with Gasteiger partial charge in [0.1, 0.15) is 10.8 Å². The molecule has 0 amide bonds. The topological polar surface area (TPSA) is 55.6 Å². The van der Waals surface area contributed by atoms with Gasteiger partial charge in [-0.25, -0.2) is 9.97 Å². The van der Waals surface area contributed by atoms with Crippen LogP contribution in [-0.2, 0) is 13.6 Å². The Bertz CT molecular complexity index is 774. The van der Waals surface area contributed by atoms with Crippen molar-refractivity contribution in [1.82, 2.24) is 19.7 Å². The van der Waals surface area contributed by atoms with E-state index < -0.39 is 0 Å². The van der Waals surface area contributed by atoms with Gasteiger partial charge in [0.05, 0.1) is 6.54 Å². The smallest absolute Gasteiger partial charge is 0.154 e. The third-order valence-corrected chi connectivity index (χ3v) is 4.63. The second-order valence-electron chi connectivity index (χ2n) is 5.56. The van der Waals surface area contributed by atoms with Gasteiger partial charge in [0.15, 0.2) is 5.82 Å². The molecule has 0 atom stereocenters. The maximum Gasteiger partial charge on any atom is 0.154 e. The number of nitrogens with zero attached hydrogens (tertiary/aromatic N) is 4. The van der Waals surface area contributed by atoms with Gasteiger partial charge < -0.3 is 5.32 Å². The number of benzene rings is 1. The molecule has 1 fully saturated rings. The highest BCUT2D eigenvalue weighted by Gasteiger charge is 2.28. The van der Waals surface area contributed by atoms with Crippen molar-refractivity contribution in [1.29, 1.82) is 0 Å². The molecule has 0 aliphatic heterocycles. The molecule has 0 saturated heterocycles. The lowest BCUT2D eigenvalue weighted by atomic mass is 10.2. The molecule has 2 aromatic heterocycles. The number of hydrogen-bond acceptors (Lipinski definition) is 5. The van der Waals surface area contributed by atoms with E-state index in [1.165, 1.54) is 12.8 Å². The molecule has 0 radical (unpaired) electrons. The van der Waals surface area contributed by atoms with Gasteiger partial charge in [-0.3, -0.25) is 4.68 Å². The van der Waals surface area contributed by atoms with Gasteiger partial charge in [-0.05, 0) is 25.0 Å². The molecule has 0 bridgehead atoms. The Morgan fingerprint density at radius 2 is 2.27 bits per heavy atom. The van der Waals surface area contributed by atoms with Crippen molar-refractivity contribution in [3.63, 3.8) is 0 Å². The van der Waals surface area contributed by atoms with Crippen molar-refractivity contribution >= 4 is 17.0 Å². The van der Waals surface area contributed by atoms with Crippen LogP contribution in [0.3, 0.4) is 0 Å². The predicted octanol–water partition coefficient (Wildman–Crippen LogP) is 3.43. The lowest BCUT2D eigenvalue weighted by molar-refractivity contribution is 0.702. The van der Waals surface area contributed by atoms with Crippen LogP contribution in [0.5, 0.6) is 0 Å². The molecule has 1 N–H and O–H groups in total. The van der Waals surface area contributed by atoms with Gasteiger partial charge >= 0.3 is 0 Å². The highest BCUT2D eigenvalue weighted by Crippen LogP contribution is 2.38. The van der Waals surface area contributed by atoms with Crippen molar-refractivity contribution in [2.24, 2.45) is 7.05 Å². The lowest BCUT2D eigenvalue weighted by Gasteiger charge is -2.07. The lowest BCUT2D eigenvalue weighted by Crippen LogP contribution is -2.06. The van der Waals surface area contributed by atoms with E-state index in [0.717, 1.165) is 27.9 Å². The largest absolute Gasteiger partial charge is 0.378 e. The maximum absolute atomic E-state index is 4.64. The molecular formula is C16H17N5S. The number of hydrogen-bond donors (Lipinski definition) is 1. The van der Waals surface area contributed by atoms with Gasteiger partial charge in [-0.1, -0.05) is 12.1 Å². The minimum Gasteiger partial charge on any atom is -0.378 e. The summed E-state index contributed by atoms with van der Waals surface area (Å²) in [5.74, 6) is 2.56. The highest BCUT2D eigenvalue weighted by molar-refractivity contribution is 7.13. The van der Waals surface area contributed by atoms with E-state index in [4.69, 9.17) is 0 Å². The first-order valence-electron chi connectivity index (χ1n) is 7.43. The fourth-order valence-corrected chi connectivity index (χ4v) is 3.05. The molecule has 6 heteroatoms. The van der Waals surface area contributed by atoms with Crippen molar-refractivity contribution in [2.75, 3.05) is 5.32 Å². The zero-order chi connectivity index (χ0) is 14.9. The van der Waals surface area contributed by atoms with Crippen LogP contribution in [0.4, 0.5) is 5.69 Å². The molecule has 22 heavy (non-hydrogen) atoms. The van der Waals surface area contributed by atoms with Crippen LogP contribution in [0.25, 0.3) is 10.6 Å². The highest BCUT2D eigenvalue weighted by atomic mass is 32.1. The monoisotopic (exact) mass is 311 g/mol. The second kappa shape index (κ2) is 5.53. The number of aromatic nitrogens is 4. The van der Waals surface area contributed by atoms with Crippen LogP contribution in [-0.4, -0.2) is 19.7 Å². The summed E-state index contributed by atoms with van der Waals surface area (Å²) < 4.78 is 1.88. The van der Waals surface area contributed by atoms with E-state index in [0.29, 0.717) is 12.5 Å². The van der Waals surface area contributed by atoms with Gasteiger partial charge in [0.25, 0.3) is 0 Å². The standard InChI is InChI=1S/C16H17N5S/c1-21-14(19-15(20-21)11-5-6-11)10-18-13-4-2-3-12(9-13)16-17-7-8-22-16/h2-4,7-9,11,18H,5-6,10H2,1H3. The summed E-state index contributed by atoms with van der Waals surface area (Å²) in [7, 11) is 1.96. The summed E-state index contributed by atoms with van der Waals surface area (Å²) in [6.07, 6.45) is 4.29. The Hall–Kier alpha value is -2.21. The fourth-order valence-electron chi connectivity index (χ4n) is 2.42. The van der Waals surface area contributed by atoms with Crippen LogP contribution in [0.2, 0.25) is 0 Å². The number of rotatable bonds is 5. The van der Waals surface area contributed by atoms with E-state index in [2.05, 4.69) is 38.6 Å². The summed E-state index contributed by atoms with van der Waals surface area (Å²) in [5.41, 5.74) is 2.21. The van der Waals surface area contributed by atoms with Crippen molar-refractivity contribution in [3.05, 3.63) is 47.5 Å². The molecule has 5 nitrogen and oxygen atoms in total. The minimum absolute atomic E-state index is 0.591. The van der Waals surface area contributed by atoms with Gasteiger partial charge in [0, 0.05) is 35.8 Å². The average molecular weight is 311 g/mol. The summed E-state index contributed by atoms with van der Waals surface area (Å²) in [6, 6.07) is 8.31. The first-order chi connectivity index (χ1) is 10.8. The molecule has 2 heterocycles.